The van der Waals surface area contributed by atoms with E-state index in [1.165, 1.54) is 23.9 Å². The number of carbonyl (C=O) groups excluding carboxylic acids is 1. The number of carbonyl (C=O) groups is 1. The van der Waals surface area contributed by atoms with Crippen LogP contribution in [0.3, 0.4) is 0 Å². The molecule has 0 fully saturated rings. The number of hydrogen-bond acceptors (Lipinski definition) is 8. The normalized spacial score (nSPS) is 11.3. The molecule has 0 aliphatic rings. The number of hydrazone groups is 1. The predicted octanol–water partition coefficient (Wildman–Crippen LogP) is 3.51. The Bertz CT molecular complexity index is 1130. The van der Waals surface area contributed by atoms with Gasteiger partial charge < -0.3 is 9.30 Å². The van der Waals surface area contributed by atoms with Crippen LogP contribution >= 0.6 is 11.8 Å². The fourth-order valence-corrected chi connectivity index (χ4v) is 3.63. The summed E-state index contributed by atoms with van der Waals surface area (Å²) in [5.74, 6) is 1.28. The third-order valence-corrected chi connectivity index (χ3v) is 5.52. The van der Waals surface area contributed by atoms with Gasteiger partial charge in [-0.1, -0.05) is 11.8 Å². The van der Waals surface area contributed by atoms with E-state index in [1.807, 2.05) is 35.8 Å². The molecule has 0 radical (unpaired) electrons. The van der Waals surface area contributed by atoms with Gasteiger partial charge in [-0.25, -0.2) is 5.43 Å². The Morgan fingerprint density at radius 3 is 2.47 bits per heavy atom. The Morgan fingerprint density at radius 1 is 1.19 bits per heavy atom. The van der Waals surface area contributed by atoms with Crippen LogP contribution in [0.2, 0.25) is 0 Å². The summed E-state index contributed by atoms with van der Waals surface area (Å²) in [4.78, 5) is 22.5. The maximum absolute atomic E-state index is 12.2. The van der Waals surface area contributed by atoms with E-state index in [2.05, 4.69) is 20.7 Å². The second kappa shape index (κ2) is 10.5. The van der Waals surface area contributed by atoms with Crippen molar-refractivity contribution in [2.24, 2.45) is 5.10 Å². The molecule has 0 atom stereocenters. The molecular weight excluding hydrogens is 432 g/mol. The first-order valence-corrected chi connectivity index (χ1v) is 10.7. The number of ether oxygens (including phenoxy) is 1. The van der Waals surface area contributed by atoms with Crippen LogP contribution in [0.4, 0.5) is 5.69 Å². The third kappa shape index (κ3) is 5.49. The lowest BCUT2D eigenvalue weighted by Gasteiger charge is -2.08. The maximum atomic E-state index is 12.2. The van der Waals surface area contributed by atoms with Crippen molar-refractivity contribution in [1.82, 2.24) is 20.2 Å². The number of benzene rings is 2. The zero-order valence-electron chi connectivity index (χ0n) is 17.8. The highest BCUT2D eigenvalue weighted by Crippen LogP contribution is 2.25. The molecule has 1 aromatic heterocycles. The van der Waals surface area contributed by atoms with Crippen LogP contribution in [0.25, 0.3) is 11.4 Å². The van der Waals surface area contributed by atoms with Gasteiger partial charge in [-0.15, -0.1) is 10.2 Å². The Balaban J connectivity index is 1.61. The molecular formula is C21H22N6O4S. The molecule has 0 bridgehead atoms. The number of nitro benzene ring substituents is 1. The molecule has 10 nitrogen and oxygen atoms in total. The van der Waals surface area contributed by atoms with Crippen molar-refractivity contribution < 1.29 is 14.5 Å². The van der Waals surface area contributed by atoms with Gasteiger partial charge in [-0.05, 0) is 55.8 Å². The molecule has 0 aliphatic carbocycles. The summed E-state index contributed by atoms with van der Waals surface area (Å²) >= 11 is 1.26. The minimum atomic E-state index is -0.468. The van der Waals surface area contributed by atoms with Crippen molar-refractivity contribution >= 4 is 29.1 Å². The zero-order valence-corrected chi connectivity index (χ0v) is 18.6. The number of nitrogens with zero attached hydrogens (tertiary/aromatic N) is 5. The van der Waals surface area contributed by atoms with Gasteiger partial charge >= 0.3 is 0 Å². The van der Waals surface area contributed by atoms with Gasteiger partial charge in [0.1, 0.15) is 5.75 Å². The average molecular weight is 455 g/mol. The Morgan fingerprint density at radius 2 is 1.88 bits per heavy atom. The molecule has 166 valence electrons. The van der Waals surface area contributed by atoms with Crippen molar-refractivity contribution in [2.75, 3.05) is 12.9 Å². The lowest BCUT2D eigenvalue weighted by Crippen LogP contribution is -2.21. The molecule has 2 aromatic carbocycles. The van der Waals surface area contributed by atoms with E-state index in [0.717, 1.165) is 11.3 Å². The first-order chi connectivity index (χ1) is 15.4. The van der Waals surface area contributed by atoms with E-state index in [9.17, 15) is 14.9 Å². The summed E-state index contributed by atoms with van der Waals surface area (Å²) in [6, 6.07) is 13.5. The third-order valence-electron chi connectivity index (χ3n) is 4.56. The highest BCUT2D eigenvalue weighted by Gasteiger charge is 2.15. The van der Waals surface area contributed by atoms with E-state index < -0.39 is 4.92 Å². The molecule has 3 aromatic rings. The molecule has 0 unspecified atom stereocenters. The maximum Gasteiger partial charge on any atom is 0.269 e. The summed E-state index contributed by atoms with van der Waals surface area (Å²) < 4.78 is 7.12. The molecule has 1 amide bonds. The minimum absolute atomic E-state index is 0.00368. The van der Waals surface area contributed by atoms with Gasteiger partial charge in [0, 0.05) is 24.2 Å². The number of nitrogens with one attached hydrogen (secondary N) is 1. The van der Waals surface area contributed by atoms with Crippen molar-refractivity contribution in [3.63, 3.8) is 0 Å². The number of thioether (sulfide) groups is 1. The first kappa shape index (κ1) is 22.9. The summed E-state index contributed by atoms with van der Waals surface area (Å²) in [6.07, 6.45) is 0. The van der Waals surface area contributed by atoms with Crippen LogP contribution < -0.4 is 10.2 Å². The average Bonchev–Trinajstić information content (AvgIpc) is 3.24. The summed E-state index contributed by atoms with van der Waals surface area (Å²) in [5.41, 5.74) is 4.62. The monoisotopic (exact) mass is 454 g/mol. The Labute approximate surface area is 188 Å². The lowest BCUT2D eigenvalue weighted by molar-refractivity contribution is -0.384. The summed E-state index contributed by atoms with van der Waals surface area (Å²) in [6.45, 7) is 4.34. The van der Waals surface area contributed by atoms with Crippen molar-refractivity contribution in [3.8, 4) is 17.1 Å². The fraction of sp³-hybridized carbons (Fsp3) is 0.238. The standard InChI is InChI=1S/C21H22N6O4S/c1-4-26-20(16-7-11-18(31-3)12-8-16)24-25-21(26)32-13-19(28)23-22-14(2)15-5-9-17(10-6-15)27(29)30/h5-12H,4,13H2,1-3H3,(H,23,28)/b22-14+. The second-order valence-corrected chi connectivity index (χ2v) is 7.55. The van der Waals surface area contributed by atoms with Crippen LogP contribution in [-0.2, 0) is 11.3 Å². The molecule has 0 spiro atoms. The Hall–Kier alpha value is -3.73. The summed E-state index contributed by atoms with van der Waals surface area (Å²) in [7, 11) is 1.61. The van der Waals surface area contributed by atoms with Gasteiger partial charge in [-0.3, -0.25) is 14.9 Å². The van der Waals surface area contributed by atoms with E-state index in [-0.39, 0.29) is 17.3 Å². The lowest BCUT2D eigenvalue weighted by atomic mass is 10.1. The zero-order chi connectivity index (χ0) is 23.1. The van der Waals surface area contributed by atoms with Crippen LogP contribution in [-0.4, -0.2) is 44.2 Å². The minimum Gasteiger partial charge on any atom is -0.497 e. The van der Waals surface area contributed by atoms with Crippen LogP contribution in [0.1, 0.15) is 19.4 Å². The number of rotatable bonds is 9. The van der Waals surface area contributed by atoms with Gasteiger partial charge in [0.25, 0.3) is 11.6 Å². The predicted molar refractivity (Wildman–Crippen MR) is 122 cm³/mol. The fourth-order valence-electron chi connectivity index (χ4n) is 2.83. The van der Waals surface area contributed by atoms with Crippen LogP contribution in [0.15, 0.2) is 58.8 Å². The molecule has 0 aliphatic heterocycles. The van der Waals surface area contributed by atoms with Crippen LogP contribution in [0, 0.1) is 10.1 Å². The number of aromatic nitrogens is 3. The number of methoxy groups -OCH3 is 1. The van der Waals surface area contributed by atoms with Crippen LogP contribution in [0.5, 0.6) is 5.75 Å². The number of amides is 1. The molecule has 11 heteroatoms. The smallest absolute Gasteiger partial charge is 0.269 e. The Kier molecular flexibility index (Phi) is 7.55. The van der Waals surface area contributed by atoms with Gasteiger partial charge in [0.05, 0.1) is 23.5 Å². The van der Waals surface area contributed by atoms with E-state index in [1.54, 1.807) is 26.2 Å². The van der Waals surface area contributed by atoms with E-state index in [0.29, 0.717) is 28.8 Å². The van der Waals surface area contributed by atoms with Crippen molar-refractivity contribution in [3.05, 3.63) is 64.2 Å². The number of hydrogen-bond donors (Lipinski definition) is 1. The highest BCUT2D eigenvalue weighted by molar-refractivity contribution is 7.99. The molecule has 1 heterocycles. The van der Waals surface area contributed by atoms with Crippen molar-refractivity contribution in [1.29, 1.82) is 0 Å². The van der Waals surface area contributed by atoms with Crippen molar-refractivity contribution in [2.45, 2.75) is 25.5 Å². The highest BCUT2D eigenvalue weighted by atomic mass is 32.2. The van der Waals surface area contributed by atoms with Gasteiger partial charge in [0.15, 0.2) is 11.0 Å². The van der Waals surface area contributed by atoms with Gasteiger partial charge in [0.2, 0.25) is 0 Å². The molecule has 1 N–H and O–H groups in total. The molecule has 32 heavy (non-hydrogen) atoms. The first-order valence-electron chi connectivity index (χ1n) is 9.71. The van der Waals surface area contributed by atoms with Gasteiger partial charge in [-0.2, -0.15) is 5.10 Å². The molecule has 0 saturated heterocycles. The largest absolute Gasteiger partial charge is 0.497 e. The molecule has 0 saturated carbocycles. The topological polar surface area (TPSA) is 125 Å². The molecule has 3 rings (SSSR count). The second-order valence-electron chi connectivity index (χ2n) is 6.60. The number of non-ortho nitro benzene ring substituents is 1. The van der Waals surface area contributed by atoms with E-state index >= 15 is 0 Å². The van der Waals surface area contributed by atoms with E-state index in [4.69, 9.17) is 4.74 Å². The number of nitro groups is 1. The SMILES string of the molecule is CCn1c(SCC(=O)N/N=C(\C)c2ccc([N+](=O)[O-])cc2)nnc1-c1ccc(OC)cc1. The quantitative estimate of drug-likeness (QED) is 0.227. The summed E-state index contributed by atoms with van der Waals surface area (Å²) in [5, 5.41) is 23.9.